The van der Waals surface area contributed by atoms with Gasteiger partial charge < -0.3 is 0 Å². The fraction of sp³-hybridized carbons (Fsp3) is 1.00. The average Bonchev–Trinajstić information content (AvgIpc) is 2.09. The highest BCUT2D eigenvalue weighted by molar-refractivity contribution is 4.62. The summed E-state index contributed by atoms with van der Waals surface area (Å²) < 4.78 is 0. The summed E-state index contributed by atoms with van der Waals surface area (Å²) in [5, 5.41) is 4.95. The van der Waals surface area contributed by atoms with E-state index in [2.05, 4.69) is 23.9 Å². The van der Waals surface area contributed by atoms with Gasteiger partial charge in [-0.15, -0.1) is 0 Å². The van der Waals surface area contributed by atoms with E-state index in [1.807, 2.05) is 0 Å². The molecule has 0 spiro atoms. The second-order valence-electron chi connectivity index (χ2n) is 3.15. The van der Waals surface area contributed by atoms with Crippen molar-refractivity contribution in [2.75, 3.05) is 26.2 Å². The molecule has 0 aromatic rings. The lowest BCUT2D eigenvalue weighted by molar-refractivity contribution is -0.0308. The Hall–Kier alpha value is -0.0800. The van der Waals surface area contributed by atoms with Gasteiger partial charge in [0.25, 0.3) is 0 Å². The number of hydrogen-bond acceptors (Lipinski definition) is 2. The summed E-state index contributed by atoms with van der Waals surface area (Å²) in [6, 6.07) is 0. The van der Waals surface area contributed by atoms with Crippen molar-refractivity contribution in [2.24, 2.45) is 0 Å². The van der Waals surface area contributed by atoms with Gasteiger partial charge in [-0.2, -0.15) is 0 Å². The molecule has 1 heterocycles. The number of nitrogens with zero attached hydrogens (tertiary/aromatic N) is 2. The molecule has 0 unspecified atom stereocenters. The van der Waals surface area contributed by atoms with Crippen molar-refractivity contribution in [1.29, 1.82) is 0 Å². The molecule has 1 saturated heterocycles. The summed E-state index contributed by atoms with van der Waals surface area (Å²) in [5.41, 5.74) is 0. The van der Waals surface area contributed by atoms with Crippen LogP contribution in [-0.4, -0.2) is 36.2 Å². The number of hydrazine groups is 1. The molecule has 2 nitrogen and oxygen atoms in total. The van der Waals surface area contributed by atoms with Crippen LogP contribution in [0.5, 0.6) is 0 Å². The second kappa shape index (κ2) is 4.73. The van der Waals surface area contributed by atoms with Crippen molar-refractivity contribution >= 4 is 0 Å². The molecule has 0 aromatic carbocycles. The van der Waals surface area contributed by atoms with Gasteiger partial charge in [-0.05, 0) is 12.8 Å². The van der Waals surface area contributed by atoms with Gasteiger partial charge in [0.05, 0.1) is 0 Å². The molecule has 1 fully saturated rings. The molecule has 1 aliphatic heterocycles. The quantitative estimate of drug-likeness (QED) is 0.614. The summed E-state index contributed by atoms with van der Waals surface area (Å²) in [4.78, 5) is 0. The summed E-state index contributed by atoms with van der Waals surface area (Å²) in [7, 11) is 0. The van der Waals surface area contributed by atoms with E-state index >= 15 is 0 Å². The highest BCUT2D eigenvalue weighted by Gasteiger charge is 2.14. The summed E-state index contributed by atoms with van der Waals surface area (Å²) in [5.74, 6) is 0. The molecule has 1 rings (SSSR count). The summed E-state index contributed by atoms with van der Waals surface area (Å²) >= 11 is 0. The average molecular weight is 156 g/mol. The monoisotopic (exact) mass is 156 g/mol. The molecule has 66 valence electrons. The van der Waals surface area contributed by atoms with Gasteiger partial charge in [0.1, 0.15) is 0 Å². The van der Waals surface area contributed by atoms with E-state index in [1.165, 1.54) is 32.4 Å². The zero-order valence-corrected chi connectivity index (χ0v) is 7.84. The lowest BCUT2D eigenvalue weighted by Crippen LogP contribution is -2.45. The van der Waals surface area contributed by atoms with Crippen LogP contribution >= 0.6 is 0 Å². The van der Waals surface area contributed by atoms with Crippen molar-refractivity contribution in [2.45, 2.75) is 33.1 Å². The van der Waals surface area contributed by atoms with Gasteiger partial charge in [-0.25, -0.2) is 10.0 Å². The zero-order valence-electron chi connectivity index (χ0n) is 7.84. The fourth-order valence-electron chi connectivity index (χ4n) is 1.78. The van der Waals surface area contributed by atoms with Gasteiger partial charge in [0.2, 0.25) is 0 Å². The van der Waals surface area contributed by atoms with E-state index in [0.29, 0.717) is 0 Å². The van der Waals surface area contributed by atoms with Crippen molar-refractivity contribution < 1.29 is 0 Å². The first-order chi connectivity index (χ1) is 5.38. The number of hydrogen-bond donors (Lipinski definition) is 0. The predicted octanol–water partition coefficient (Wildman–Crippen LogP) is 1.73. The maximum absolute atomic E-state index is 2.50. The van der Waals surface area contributed by atoms with Gasteiger partial charge in [0.15, 0.2) is 0 Å². The van der Waals surface area contributed by atoms with Gasteiger partial charge >= 0.3 is 0 Å². The molecule has 0 aliphatic carbocycles. The molecule has 0 saturated carbocycles. The van der Waals surface area contributed by atoms with Crippen LogP contribution in [0.4, 0.5) is 0 Å². The van der Waals surface area contributed by atoms with E-state index < -0.39 is 0 Å². The topological polar surface area (TPSA) is 6.48 Å². The van der Waals surface area contributed by atoms with Crippen LogP contribution in [0.2, 0.25) is 0 Å². The molecule has 11 heavy (non-hydrogen) atoms. The molecule has 2 heteroatoms. The first-order valence-electron chi connectivity index (χ1n) is 4.88. The Labute approximate surface area is 70.1 Å². The second-order valence-corrected chi connectivity index (χ2v) is 3.15. The Morgan fingerprint density at radius 1 is 1.00 bits per heavy atom. The molecule has 0 N–H and O–H groups in total. The minimum Gasteiger partial charge on any atom is -0.242 e. The predicted molar refractivity (Wildman–Crippen MR) is 48.3 cm³/mol. The molecule has 0 radical (unpaired) electrons. The van der Waals surface area contributed by atoms with Gasteiger partial charge in [-0.1, -0.05) is 20.3 Å². The molecular formula is C9H20N2. The maximum atomic E-state index is 2.50. The van der Waals surface area contributed by atoms with E-state index in [4.69, 9.17) is 0 Å². The highest BCUT2D eigenvalue weighted by Crippen LogP contribution is 2.10. The molecule has 0 atom stereocenters. The highest BCUT2D eigenvalue weighted by atomic mass is 15.6. The lowest BCUT2D eigenvalue weighted by Gasteiger charge is -2.36. The van der Waals surface area contributed by atoms with Crippen LogP contribution in [0.3, 0.4) is 0 Å². The lowest BCUT2D eigenvalue weighted by atomic mass is 10.2. The normalized spacial score (nSPS) is 21.0. The van der Waals surface area contributed by atoms with Crippen LogP contribution in [0.25, 0.3) is 0 Å². The summed E-state index contributed by atoms with van der Waals surface area (Å²) in [6.07, 6.45) is 4.20. The number of rotatable bonds is 3. The third-order valence-corrected chi connectivity index (χ3v) is 2.46. The van der Waals surface area contributed by atoms with Gasteiger partial charge in [-0.3, -0.25) is 0 Å². The van der Waals surface area contributed by atoms with Crippen molar-refractivity contribution in [3.8, 4) is 0 Å². The van der Waals surface area contributed by atoms with Gasteiger partial charge in [0, 0.05) is 26.2 Å². The van der Waals surface area contributed by atoms with Crippen molar-refractivity contribution in [1.82, 2.24) is 10.0 Å². The Bertz CT molecular complexity index is 93.7. The molecule has 0 amide bonds. The first-order valence-corrected chi connectivity index (χ1v) is 4.88. The first kappa shape index (κ1) is 9.01. The van der Waals surface area contributed by atoms with E-state index in [0.717, 1.165) is 13.1 Å². The Morgan fingerprint density at radius 2 is 1.55 bits per heavy atom. The molecule has 0 bridgehead atoms. The number of piperidine rings is 1. The fourth-order valence-corrected chi connectivity index (χ4v) is 1.78. The van der Waals surface area contributed by atoms with Crippen molar-refractivity contribution in [3.05, 3.63) is 0 Å². The minimum atomic E-state index is 1.16. The third kappa shape index (κ3) is 2.46. The minimum absolute atomic E-state index is 1.16. The smallest absolute Gasteiger partial charge is 0.0133 e. The zero-order chi connectivity index (χ0) is 8.10. The van der Waals surface area contributed by atoms with Crippen LogP contribution in [0.1, 0.15) is 33.1 Å². The largest absolute Gasteiger partial charge is 0.242 e. The van der Waals surface area contributed by atoms with Crippen LogP contribution < -0.4 is 0 Å². The van der Waals surface area contributed by atoms with E-state index in [-0.39, 0.29) is 0 Å². The molecule has 0 aromatic heterocycles. The van der Waals surface area contributed by atoms with E-state index in [9.17, 15) is 0 Å². The van der Waals surface area contributed by atoms with Crippen molar-refractivity contribution in [3.63, 3.8) is 0 Å². The SMILES string of the molecule is CCN(CC)N1CCCCC1. The third-order valence-electron chi connectivity index (χ3n) is 2.46. The summed E-state index contributed by atoms with van der Waals surface area (Å²) in [6.45, 7) is 9.35. The Balaban J connectivity index is 2.30. The Kier molecular flexibility index (Phi) is 3.87. The van der Waals surface area contributed by atoms with Crippen LogP contribution in [0.15, 0.2) is 0 Å². The van der Waals surface area contributed by atoms with E-state index in [1.54, 1.807) is 0 Å². The van der Waals surface area contributed by atoms with Crippen LogP contribution in [0, 0.1) is 0 Å². The standard InChI is InChI=1S/C9H20N2/c1-3-10(4-2)11-8-6-5-7-9-11/h3-9H2,1-2H3. The molecular weight excluding hydrogens is 136 g/mol. The van der Waals surface area contributed by atoms with Crippen LogP contribution in [-0.2, 0) is 0 Å². The molecule has 1 aliphatic rings. The maximum Gasteiger partial charge on any atom is 0.0133 e. The Morgan fingerprint density at radius 3 is 2.00 bits per heavy atom.